The lowest BCUT2D eigenvalue weighted by Gasteiger charge is -2.24. The number of anilines is 2. The van der Waals surface area contributed by atoms with Crippen molar-refractivity contribution in [1.82, 2.24) is 0 Å². The van der Waals surface area contributed by atoms with Crippen LogP contribution in [0.15, 0.2) is 66.7 Å². The third-order valence-corrected chi connectivity index (χ3v) is 6.25. The summed E-state index contributed by atoms with van der Waals surface area (Å²) in [6, 6.07) is 18.3. The summed E-state index contributed by atoms with van der Waals surface area (Å²) >= 11 is 1.49. The molecule has 3 aromatic carbocycles. The van der Waals surface area contributed by atoms with Crippen LogP contribution in [0.1, 0.15) is 21.3 Å². The molecule has 1 unspecified atom stereocenters. The van der Waals surface area contributed by atoms with Gasteiger partial charge in [-0.15, -0.1) is 11.8 Å². The first kappa shape index (κ1) is 19.4. The maximum absolute atomic E-state index is 13.3. The van der Waals surface area contributed by atoms with Crippen LogP contribution in [0.3, 0.4) is 0 Å². The molecule has 2 amide bonds. The summed E-state index contributed by atoms with van der Waals surface area (Å²) in [5.41, 5.74) is 2.56. The summed E-state index contributed by atoms with van der Waals surface area (Å²) in [7, 11) is 0. The number of halogens is 1. The summed E-state index contributed by atoms with van der Waals surface area (Å²) in [6.07, 6.45) is 0. The zero-order chi connectivity index (χ0) is 21.4. The van der Waals surface area contributed by atoms with Crippen molar-refractivity contribution in [1.29, 1.82) is 0 Å². The van der Waals surface area contributed by atoms with Gasteiger partial charge in [0.2, 0.25) is 12.7 Å². The quantitative estimate of drug-likeness (QED) is 0.648. The van der Waals surface area contributed by atoms with Gasteiger partial charge in [0, 0.05) is 16.9 Å². The van der Waals surface area contributed by atoms with Gasteiger partial charge >= 0.3 is 0 Å². The number of benzene rings is 3. The lowest BCUT2D eigenvalue weighted by molar-refractivity contribution is -0.115. The first-order valence-corrected chi connectivity index (χ1v) is 10.6. The van der Waals surface area contributed by atoms with Gasteiger partial charge in [-0.05, 0) is 60.2 Å². The molecule has 3 aromatic rings. The van der Waals surface area contributed by atoms with E-state index < -0.39 is 0 Å². The molecule has 1 saturated heterocycles. The SMILES string of the molecule is O=C(Nc1cccc(C2SCC(=O)N2c2ccc(F)cc2)c1)c1ccc2c(c1)OCO2. The molecule has 2 heterocycles. The molecule has 0 radical (unpaired) electrons. The summed E-state index contributed by atoms with van der Waals surface area (Å²) < 4.78 is 23.9. The average Bonchev–Trinajstić information content (AvgIpc) is 3.40. The number of ether oxygens (including phenoxy) is 2. The van der Waals surface area contributed by atoms with Gasteiger partial charge in [-0.2, -0.15) is 0 Å². The van der Waals surface area contributed by atoms with Crippen molar-refractivity contribution < 1.29 is 23.5 Å². The normalized spacial score (nSPS) is 17.1. The van der Waals surface area contributed by atoms with Crippen molar-refractivity contribution in [2.45, 2.75) is 5.37 Å². The van der Waals surface area contributed by atoms with Crippen molar-refractivity contribution in [3.63, 3.8) is 0 Å². The largest absolute Gasteiger partial charge is 0.454 e. The van der Waals surface area contributed by atoms with Gasteiger partial charge in [-0.3, -0.25) is 14.5 Å². The molecule has 156 valence electrons. The Kier molecular flexibility index (Phi) is 4.99. The smallest absolute Gasteiger partial charge is 0.255 e. The van der Waals surface area contributed by atoms with E-state index in [0.29, 0.717) is 34.2 Å². The van der Waals surface area contributed by atoms with Gasteiger partial charge in [0.1, 0.15) is 11.2 Å². The van der Waals surface area contributed by atoms with Gasteiger partial charge in [0.05, 0.1) is 5.75 Å². The second-order valence-corrected chi connectivity index (χ2v) is 8.12. The van der Waals surface area contributed by atoms with Crippen LogP contribution in [0.2, 0.25) is 0 Å². The lowest BCUT2D eigenvalue weighted by atomic mass is 10.1. The summed E-state index contributed by atoms with van der Waals surface area (Å²) in [5.74, 6) is 0.806. The van der Waals surface area contributed by atoms with Crippen LogP contribution in [0.5, 0.6) is 11.5 Å². The zero-order valence-electron chi connectivity index (χ0n) is 16.2. The molecule has 0 aromatic heterocycles. The van der Waals surface area contributed by atoms with Crippen LogP contribution >= 0.6 is 11.8 Å². The highest BCUT2D eigenvalue weighted by molar-refractivity contribution is 8.00. The van der Waals surface area contributed by atoms with Crippen molar-refractivity contribution >= 4 is 35.0 Å². The minimum atomic E-state index is -0.354. The fraction of sp³-hybridized carbons (Fsp3) is 0.130. The fourth-order valence-electron chi connectivity index (χ4n) is 3.56. The molecule has 1 N–H and O–H groups in total. The number of thioether (sulfide) groups is 1. The number of carbonyl (C=O) groups excluding carboxylic acids is 2. The molecule has 2 aliphatic rings. The van der Waals surface area contributed by atoms with Gasteiger partial charge < -0.3 is 14.8 Å². The van der Waals surface area contributed by atoms with E-state index in [1.54, 1.807) is 41.3 Å². The summed E-state index contributed by atoms with van der Waals surface area (Å²) in [6.45, 7) is 0.144. The number of fused-ring (bicyclic) bond motifs is 1. The van der Waals surface area contributed by atoms with E-state index in [2.05, 4.69) is 5.32 Å². The summed E-state index contributed by atoms with van der Waals surface area (Å²) in [4.78, 5) is 26.9. The van der Waals surface area contributed by atoms with Crippen LogP contribution in [-0.2, 0) is 4.79 Å². The molecular formula is C23H17FN2O4S. The Morgan fingerprint density at radius 3 is 2.68 bits per heavy atom. The number of hydrogen-bond acceptors (Lipinski definition) is 5. The molecule has 0 aliphatic carbocycles. The third-order valence-electron chi connectivity index (χ3n) is 5.04. The Morgan fingerprint density at radius 2 is 1.84 bits per heavy atom. The highest BCUT2D eigenvalue weighted by atomic mass is 32.2. The van der Waals surface area contributed by atoms with Crippen molar-refractivity contribution in [2.75, 3.05) is 22.8 Å². The predicted molar refractivity (Wildman–Crippen MR) is 116 cm³/mol. The molecule has 0 saturated carbocycles. The third kappa shape index (κ3) is 3.82. The average molecular weight is 436 g/mol. The minimum absolute atomic E-state index is 0.0450. The standard InChI is InChI=1S/C23H17FN2O4S/c24-16-5-7-18(8-6-16)26-21(27)12-31-23(26)15-2-1-3-17(10-15)25-22(28)14-4-9-19-20(11-14)30-13-29-19/h1-11,23H,12-13H2,(H,25,28). The van der Waals surface area contributed by atoms with E-state index in [-0.39, 0.29) is 29.8 Å². The van der Waals surface area contributed by atoms with Crippen LogP contribution < -0.4 is 19.7 Å². The highest BCUT2D eigenvalue weighted by Crippen LogP contribution is 2.42. The Labute approximate surface area is 182 Å². The Morgan fingerprint density at radius 1 is 1.03 bits per heavy atom. The Balaban J connectivity index is 1.37. The van der Waals surface area contributed by atoms with E-state index in [4.69, 9.17) is 9.47 Å². The van der Waals surface area contributed by atoms with Gasteiger partial charge in [-0.1, -0.05) is 12.1 Å². The maximum atomic E-state index is 13.3. The van der Waals surface area contributed by atoms with Crippen LogP contribution in [-0.4, -0.2) is 24.4 Å². The number of nitrogens with one attached hydrogen (secondary N) is 1. The molecule has 0 bridgehead atoms. The van der Waals surface area contributed by atoms with Gasteiger partial charge in [-0.25, -0.2) is 4.39 Å². The topological polar surface area (TPSA) is 67.9 Å². The number of nitrogens with zero attached hydrogens (tertiary/aromatic N) is 1. The second kappa shape index (κ2) is 7.96. The van der Waals surface area contributed by atoms with E-state index >= 15 is 0 Å². The maximum Gasteiger partial charge on any atom is 0.255 e. The van der Waals surface area contributed by atoms with Gasteiger partial charge in [0.25, 0.3) is 5.91 Å². The van der Waals surface area contributed by atoms with E-state index in [0.717, 1.165) is 5.56 Å². The van der Waals surface area contributed by atoms with Crippen LogP contribution in [0.25, 0.3) is 0 Å². The van der Waals surface area contributed by atoms with Gasteiger partial charge in [0.15, 0.2) is 11.5 Å². The predicted octanol–water partition coefficient (Wildman–Crippen LogP) is 4.59. The number of carbonyl (C=O) groups is 2. The molecule has 5 rings (SSSR count). The van der Waals surface area contributed by atoms with Crippen LogP contribution in [0.4, 0.5) is 15.8 Å². The minimum Gasteiger partial charge on any atom is -0.454 e. The van der Waals surface area contributed by atoms with E-state index in [1.807, 2.05) is 18.2 Å². The lowest BCUT2D eigenvalue weighted by Crippen LogP contribution is -2.27. The molecule has 0 spiro atoms. The summed E-state index contributed by atoms with van der Waals surface area (Å²) in [5, 5.41) is 2.63. The molecular weight excluding hydrogens is 419 g/mol. The van der Waals surface area contributed by atoms with Crippen LogP contribution in [0, 0.1) is 5.82 Å². The monoisotopic (exact) mass is 436 g/mol. The van der Waals surface area contributed by atoms with Crippen molar-refractivity contribution in [3.8, 4) is 11.5 Å². The molecule has 2 aliphatic heterocycles. The van der Waals surface area contributed by atoms with Crippen molar-refractivity contribution in [3.05, 3.63) is 83.7 Å². The number of amides is 2. The van der Waals surface area contributed by atoms with E-state index in [1.165, 1.54) is 23.9 Å². The molecule has 31 heavy (non-hydrogen) atoms. The highest BCUT2D eigenvalue weighted by Gasteiger charge is 2.34. The first-order valence-electron chi connectivity index (χ1n) is 9.59. The Bertz CT molecular complexity index is 1170. The molecule has 8 heteroatoms. The van der Waals surface area contributed by atoms with E-state index in [9.17, 15) is 14.0 Å². The fourth-order valence-corrected chi connectivity index (χ4v) is 4.73. The second-order valence-electron chi connectivity index (χ2n) is 7.05. The molecule has 1 fully saturated rings. The molecule has 6 nitrogen and oxygen atoms in total. The van der Waals surface area contributed by atoms with Crippen molar-refractivity contribution in [2.24, 2.45) is 0 Å². The number of rotatable bonds is 4. The Hall–Kier alpha value is -3.52. The molecule has 1 atom stereocenters. The number of hydrogen-bond donors (Lipinski definition) is 1. The first-order chi connectivity index (χ1) is 15.1. The zero-order valence-corrected chi connectivity index (χ0v) is 17.0.